The van der Waals surface area contributed by atoms with Gasteiger partial charge in [-0.3, -0.25) is 4.90 Å². The molecule has 1 N–H and O–H groups in total. The van der Waals surface area contributed by atoms with Gasteiger partial charge in [-0.15, -0.1) is 0 Å². The van der Waals surface area contributed by atoms with E-state index < -0.39 is 10.0 Å². The van der Waals surface area contributed by atoms with Crippen molar-refractivity contribution in [3.8, 4) is 5.75 Å². The fourth-order valence-corrected chi connectivity index (χ4v) is 5.16. The summed E-state index contributed by atoms with van der Waals surface area (Å²) in [6.07, 6.45) is 2.53. The maximum atomic E-state index is 13.0. The molecule has 2 aromatic rings. The summed E-state index contributed by atoms with van der Waals surface area (Å²) in [5.74, 6) is 0.896. The second-order valence-corrected chi connectivity index (χ2v) is 9.88. The number of ether oxygens (including phenoxy) is 1. The van der Waals surface area contributed by atoms with E-state index >= 15 is 0 Å². The van der Waals surface area contributed by atoms with Gasteiger partial charge < -0.3 is 4.74 Å². The maximum Gasteiger partial charge on any atom is 0.241 e. The Morgan fingerprint density at radius 3 is 2.45 bits per heavy atom. The van der Waals surface area contributed by atoms with Crippen LogP contribution in [-0.2, 0) is 23.1 Å². The van der Waals surface area contributed by atoms with Crippen molar-refractivity contribution in [3.05, 3.63) is 58.7 Å². The first kappa shape index (κ1) is 21.8. The van der Waals surface area contributed by atoms with Crippen LogP contribution in [0.15, 0.2) is 41.3 Å². The zero-order valence-electron chi connectivity index (χ0n) is 17.9. The van der Waals surface area contributed by atoms with Crippen LogP contribution in [0, 0.1) is 6.92 Å². The first-order valence-electron chi connectivity index (χ1n) is 10.3. The van der Waals surface area contributed by atoms with E-state index in [1.165, 1.54) is 18.4 Å². The molecule has 6 heteroatoms. The molecule has 0 saturated carbocycles. The number of nitrogens with one attached hydrogen (secondary N) is 1. The zero-order chi connectivity index (χ0) is 21.0. The minimum absolute atomic E-state index is 0.168. The molecule has 5 nitrogen and oxygen atoms in total. The first-order valence-corrected chi connectivity index (χ1v) is 11.8. The topological polar surface area (TPSA) is 58.6 Å². The Bertz CT molecular complexity index is 949. The van der Waals surface area contributed by atoms with Crippen molar-refractivity contribution in [1.82, 2.24) is 9.62 Å². The molecule has 0 bridgehead atoms. The molecule has 0 amide bonds. The SMILES string of the molecule is COc1cc(C)c(S(=O)(=O)NCc2cccc(CN3CCCC3)c2)cc1C(C)C. The Balaban J connectivity index is 1.75. The average Bonchev–Trinajstić information content (AvgIpc) is 3.19. The van der Waals surface area contributed by atoms with Crippen molar-refractivity contribution in [2.24, 2.45) is 0 Å². The molecule has 1 saturated heterocycles. The van der Waals surface area contributed by atoms with Crippen LogP contribution in [0.5, 0.6) is 5.75 Å². The number of methoxy groups -OCH3 is 1. The second kappa shape index (κ2) is 9.28. The van der Waals surface area contributed by atoms with Gasteiger partial charge in [-0.2, -0.15) is 0 Å². The predicted octanol–water partition coefficient (Wildman–Crippen LogP) is 4.20. The highest BCUT2D eigenvalue weighted by atomic mass is 32.2. The molecule has 29 heavy (non-hydrogen) atoms. The average molecular weight is 417 g/mol. The number of nitrogens with zero attached hydrogens (tertiary/aromatic N) is 1. The summed E-state index contributed by atoms with van der Waals surface area (Å²) in [6, 6.07) is 11.7. The second-order valence-electron chi connectivity index (χ2n) is 8.14. The van der Waals surface area contributed by atoms with Crippen molar-refractivity contribution in [1.29, 1.82) is 0 Å². The summed E-state index contributed by atoms with van der Waals surface area (Å²) < 4.78 is 34.2. The first-order chi connectivity index (χ1) is 13.8. The lowest BCUT2D eigenvalue weighted by atomic mass is 10.0. The molecule has 0 atom stereocenters. The van der Waals surface area contributed by atoms with E-state index in [1.807, 2.05) is 26.0 Å². The molecular formula is C23H32N2O3S. The third kappa shape index (κ3) is 5.38. The van der Waals surface area contributed by atoms with Crippen LogP contribution in [0.4, 0.5) is 0 Å². The standard InChI is InChI=1S/C23H32N2O3S/c1-17(2)21-14-23(18(3)12-22(21)28-4)29(26,27)24-15-19-8-7-9-20(13-19)16-25-10-5-6-11-25/h7-9,12-14,17,24H,5-6,10-11,15-16H2,1-4H3. The number of sulfonamides is 1. The lowest BCUT2D eigenvalue weighted by Crippen LogP contribution is -2.24. The molecule has 0 radical (unpaired) electrons. The molecule has 0 aliphatic carbocycles. The molecule has 2 aromatic carbocycles. The van der Waals surface area contributed by atoms with E-state index in [-0.39, 0.29) is 12.5 Å². The van der Waals surface area contributed by atoms with Gasteiger partial charge in [0.15, 0.2) is 0 Å². The minimum Gasteiger partial charge on any atom is -0.496 e. The third-order valence-corrected chi connectivity index (χ3v) is 7.04. The molecule has 0 spiro atoms. The van der Waals surface area contributed by atoms with E-state index in [2.05, 4.69) is 21.8 Å². The number of likely N-dealkylation sites (tertiary alicyclic amines) is 1. The van der Waals surface area contributed by atoms with Crippen molar-refractivity contribution in [2.75, 3.05) is 20.2 Å². The number of rotatable bonds is 8. The predicted molar refractivity (Wildman–Crippen MR) is 117 cm³/mol. The summed E-state index contributed by atoms with van der Waals surface area (Å²) >= 11 is 0. The molecule has 3 rings (SSSR count). The Labute approximate surface area is 175 Å². The van der Waals surface area contributed by atoms with Gasteiger partial charge in [0.2, 0.25) is 10.0 Å². The van der Waals surface area contributed by atoms with Crippen molar-refractivity contribution in [3.63, 3.8) is 0 Å². The largest absolute Gasteiger partial charge is 0.496 e. The Kier molecular flexibility index (Phi) is 6.98. The van der Waals surface area contributed by atoms with Gasteiger partial charge in [0, 0.05) is 13.1 Å². The van der Waals surface area contributed by atoms with Gasteiger partial charge >= 0.3 is 0 Å². The summed E-state index contributed by atoms with van der Waals surface area (Å²) in [6.45, 7) is 9.36. The van der Waals surface area contributed by atoms with E-state index in [9.17, 15) is 8.42 Å². The van der Waals surface area contributed by atoms with Crippen LogP contribution in [0.1, 0.15) is 54.9 Å². The molecule has 0 aromatic heterocycles. The lowest BCUT2D eigenvalue weighted by molar-refractivity contribution is 0.331. The van der Waals surface area contributed by atoms with Crippen molar-refractivity contribution in [2.45, 2.75) is 57.5 Å². The number of hydrogen-bond donors (Lipinski definition) is 1. The van der Waals surface area contributed by atoms with E-state index in [0.717, 1.165) is 36.5 Å². The Morgan fingerprint density at radius 1 is 1.10 bits per heavy atom. The molecule has 158 valence electrons. The molecule has 1 aliphatic heterocycles. The number of hydrogen-bond acceptors (Lipinski definition) is 4. The van der Waals surface area contributed by atoms with Gasteiger partial charge in [-0.25, -0.2) is 13.1 Å². The highest BCUT2D eigenvalue weighted by molar-refractivity contribution is 7.89. The maximum absolute atomic E-state index is 13.0. The van der Waals surface area contributed by atoms with Gasteiger partial charge in [0.05, 0.1) is 12.0 Å². The van der Waals surface area contributed by atoms with E-state index in [4.69, 9.17) is 4.74 Å². The smallest absolute Gasteiger partial charge is 0.241 e. The molecule has 1 heterocycles. The Morgan fingerprint density at radius 2 is 1.79 bits per heavy atom. The lowest BCUT2D eigenvalue weighted by Gasteiger charge is -2.17. The number of benzene rings is 2. The molecular weight excluding hydrogens is 384 g/mol. The monoisotopic (exact) mass is 416 g/mol. The fraction of sp³-hybridized carbons (Fsp3) is 0.478. The van der Waals surface area contributed by atoms with Gasteiger partial charge in [-0.1, -0.05) is 38.1 Å². The minimum atomic E-state index is -3.62. The van der Waals surface area contributed by atoms with Gasteiger partial charge in [-0.05, 0) is 73.2 Å². The quantitative estimate of drug-likeness (QED) is 0.701. The third-order valence-electron chi connectivity index (χ3n) is 5.50. The molecule has 1 fully saturated rings. The molecule has 1 aliphatic rings. The number of aryl methyl sites for hydroxylation is 1. The van der Waals surface area contributed by atoms with Crippen LogP contribution in [0.2, 0.25) is 0 Å². The highest BCUT2D eigenvalue weighted by Gasteiger charge is 2.21. The van der Waals surface area contributed by atoms with Gasteiger partial charge in [0.1, 0.15) is 5.75 Å². The van der Waals surface area contributed by atoms with E-state index in [0.29, 0.717) is 10.5 Å². The van der Waals surface area contributed by atoms with Crippen LogP contribution in [-0.4, -0.2) is 33.5 Å². The summed E-state index contributed by atoms with van der Waals surface area (Å²) in [4.78, 5) is 2.76. The van der Waals surface area contributed by atoms with Crippen LogP contribution in [0.3, 0.4) is 0 Å². The summed E-state index contributed by atoms with van der Waals surface area (Å²) in [5, 5.41) is 0. The fourth-order valence-electron chi connectivity index (χ4n) is 3.89. The Hall–Kier alpha value is -1.89. The van der Waals surface area contributed by atoms with Gasteiger partial charge in [0.25, 0.3) is 0 Å². The normalized spacial score (nSPS) is 15.2. The van der Waals surface area contributed by atoms with E-state index in [1.54, 1.807) is 26.2 Å². The van der Waals surface area contributed by atoms with Crippen molar-refractivity contribution >= 4 is 10.0 Å². The van der Waals surface area contributed by atoms with Crippen LogP contribution < -0.4 is 9.46 Å². The van der Waals surface area contributed by atoms with Crippen molar-refractivity contribution < 1.29 is 13.2 Å². The summed E-state index contributed by atoms with van der Waals surface area (Å²) in [7, 11) is -2.01. The van der Waals surface area contributed by atoms with Crippen LogP contribution in [0.25, 0.3) is 0 Å². The molecule has 0 unspecified atom stereocenters. The highest BCUT2D eigenvalue weighted by Crippen LogP contribution is 2.31. The van der Waals surface area contributed by atoms with Crippen LogP contribution >= 0.6 is 0 Å². The summed E-state index contributed by atoms with van der Waals surface area (Å²) in [5.41, 5.74) is 3.78. The zero-order valence-corrected chi connectivity index (χ0v) is 18.7.